The highest BCUT2D eigenvalue weighted by atomic mass is 19.1. The molecule has 1 aliphatic heterocycles. The van der Waals surface area contributed by atoms with Crippen molar-refractivity contribution < 1.29 is 4.39 Å². The fraction of sp³-hybridized carbons (Fsp3) is 0.647. The average Bonchev–Trinajstić information content (AvgIpc) is 2.67. The Bertz CT molecular complexity index is 394. The van der Waals surface area contributed by atoms with Gasteiger partial charge in [0.25, 0.3) is 0 Å². The summed E-state index contributed by atoms with van der Waals surface area (Å²) in [6.07, 6.45) is 5.76. The molecule has 3 heteroatoms. The largest absolute Gasteiger partial charge is 0.314 e. The molecular weight excluding hydrogens is 251 g/mol. The summed E-state index contributed by atoms with van der Waals surface area (Å²) in [4.78, 5) is 2.57. The summed E-state index contributed by atoms with van der Waals surface area (Å²) in [7, 11) is 0. The van der Waals surface area contributed by atoms with Gasteiger partial charge in [-0.05, 0) is 69.9 Å². The van der Waals surface area contributed by atoms with Gasteiger partial charge in [0.2, 0.25) is 0 Å². The predicted octanol–water partition coefficient (Wildman–Crippen LogP) is 3.22. The van der Waals surface area contributed by atoms with Gasteiger partial charge >= 0.3 is 0 Å². The van der Waals surface area contributed by atoms with E-state index >= 15 is 0 Å². The molecule has 1 heterocycles. The Morgan fingerprint density at radius 2 is 2.10 bits per heavy atom. The summed E-state index contributed by atoms with van der Waals surface area (Å²) in [5.74, 6) is -0.0794. The molecule has 1 fully saturated rings. The van der Waals surface area contributed by atoms with Crippen molar-refractivity contribution in [1.82, 2.24) is 10.2 Å². The first-order chi connectivity index (χ1) is 9.79. The molecule has 112 valence electrons. The molecule has 1 aromatic rings. The molecule has 0 saturated carbocycles. The zero-order valence-electron chi connectivity index (χ0n) is 12.6. The maximum absolute atomic E-state index is 13.5. The highest BCUT2D eigenvalue weighted by Gasteiger charge is 2.15. The Kier molecular flexibility index (Phi) is 6.48. The van der Waals surface area contributed by atoms with E-state index in [-0.39, 0.29) is 5.82 Å². The van der Waals surface area contributed by atoms with Gasteiger partial charge in [0.1, 0.15) is 5.82 Å². The van der Waals surface area contributed by atoms with E-state index < -0.39 is 0 Å². The van der Waals surface area contributed by atoms with Crippen LogP contribution in [0.25, 0.3) is 0 Å². The molecule has 2 rings (SSSR count). The molecule has 0 radical (unpaired) electrons. The standard InChI is InChI=1S/C17H27FN2/c1-2-12-20-13-5-7-16(10-14-20)19-11-9-15-6-3-4-8-17(15)18/h3-4,6,8,16,19H,2,5,7,9-14H2,1H3. The molecule has 0 amide bonds. The van der Waals surface area contributed by atoms with Crippen molar-refractivity contribution in [3.8, 4) is 0 Å². The summed E-state index contributed by atoms with van der Waals surface area (Å²) < 4.78 is 13.5. The number of nitrogens with zero attached hydrogens (tertiary/aromatic N) is 1. The van der Waals surface area contributed by atoms with Crippen molar-refractivity contribution in [3.05, 3.63) is 35.6 Å². The van der Waals surface area contributed by atoms with Crippen LogP contribution in [0.3, 0.4) is 0 Å². The number of benzene rings is 1. The molecule has 1 saturated heterocycles. The number of likely N-dealkylation sites (tertiary alicyclic amines) is 1. The first-order valence-corrected chi connectivity index (χ1v) is 7.98. The Balaban J connectivity index is 1.70. The minimum absolute atomic E-state index is 0.0794. The van der Waals surface area contributed by atoms with E-state index in [0.29, 0.717) is 6.04 Å². The van der Waals surface area contributed by atoms with Crippen LogP contribution in [-0.2, 0) is 6.42 Å². The molecule has 20 heavy (non-hydrogen) atoms. The first kappa shape index (κ1) is 15.5. The summed E-state index contributed by atoms with van der Waals surface area (Å²) in [5.41, 5.74) is 0.821. The van der Waals surface area contributed by atoms with Gasteiger partial charge in [0, 0.05) is 6.04 Å². The zero-order valence-corrected chi connectivity index (χ0v) is 12.6. The van der Waals surface area contributed by atoms with Crippen LogP contribution in [0.1, 0.15) is 38.2 Å². The molecule has 1 unspecified atom stereocenters. The van der Waals surface area contributed by atoms with Gasteiger partial charge in [-0.2, -0.15) is 0 Å². The minimum atomic E-state index is -0.0794. The first-order valence-electron chi connectivity index (χ1n) is 7.98. The molecule has 0 aliphatic carbocycles. The fourth-order valence-electron chi connectivity index (χ4n) is 3.01. The second kappa shape index (κ2) is 8.38. The van der Waals surface area contributed by atoms with E-state index in [4.69, 9.17) is 0 Å². The van der Waals surface area contributed by atoms with Gasteiger partial charge in [0.05, 0.1) is 0 Å². The van der Waals surface area contributed by atoms with Crippen molar-refractivity contribution >= 4 is 0 Å². The van der Waals surface area contributed by atoms with Crippen molar-refractivity contribution in [1.29, 1.82) is 0 Å². The third kappa shape index (κ3) is 4.88. The number of nitrogens with one attached hydrogen (secondary N) is 1. The second-order valence-electron chi connectivity index (χ2n) is 5.77. The molecule has 1 N–H and O–H groups in total. The van der Waals surface area contributed by atoms with Crippen molar-refractivity contribution in [2.24, 2.45) is 0 Å². The lowest BCUT2D eigenvalue weighted by Crippen LogP contribution is -2.32. The monoisotopic (exact) mass is 278 g/mol. The van der Waals surface area contributed by atoms with Gasteiger partial charge in [-0.3, -0.25) is 0 Å². The molecule has 1 aromatic carbocycles. The third-order valence-corrected chi connectivity index (χ3v) is 4.15. The lowest BCUT2D eigenvalue weighted by Gasteiger charge is -2.19. The van der Waals surface area contributed by atoms with E-state index in [2.05, 4.69) is 17.1 Å². The van der Waals surface area contributed by atoms with E-state index in [1.54, 1.807) is 12.1 Å². The van der Waals surface area contributed by atoms with E-state index in [1.807, 2.05) is 12.1 Å². The Morgan fingerprint density at radius 3 is 2.90 bits per heavy atom. The number of rotatable bonds is 6. The molecule has 0 bridgehead atoms. The highest BCUT2D eigenvalue weighted by Crippen LogP contribution is 2.12. The maximum Gasteiger partial charge on any atom is 0.126 e. The van der Waals surface area contributed by atoms with Gasteiger partial charge in [-0.15, -0.1) is 0 Å². The highest BCUT2D eigenvalue weighted by molar-refractivity contribution is 5.17. The van der Waals surface area contributed by atoms with Crippen LogP contribution in [0.5, 0.6) is 0 Å². The van der Waals surface area contributed by atoms with E-state index in [9.17, 15) is 4.39 Å². The van der Waals surface area contributed by atoms with Gasteiger partial charge in [0.15, 0.2) is 0 Å². The Morgan fingerprint density at radius 1 is 1.25 bits per heavy atom. The van der Waals surface area contributed by atoms with Crippen molar-refractivity contribution in [3.63, 3.8) is 0 Å². The number of hydrogen-bond donors (Lipinski definition) is 1. The zero-order chi connectivity index (χ0) is 14.2. The van der Waals surface area contributed by atoms with Crippen molar-refractivity contribution in [2.45, 2.75) is 45.1 Å². The smallest absolute Gasteiger partial charge is 0.126 e. The molecule has 1 atom stereocenters. The van der Waals surface area contributed by atoms with Gasteiger partial charge in [-0.1, -0.05) is 25.1 Å². The van der Waals surface area contributed by atoms with E-state index in [0.717, 1.165) is 18.5 Å². The normalized spacial score (nSPS) is 20.8. The van der Waals surface area contributed by atoms with Crippen LogP contribution in [0.4, 0.5) is 4.39 Å². The maximum atomic E-state index is 13.5. The lowest BCUT2D eigenvalue weighted by molar-refractivity contribution is 0.282. The summed E-state index contributed by atoms with van der Waals surface area (Å²) in [6.45, 7) is 6.78. The molecular formula is C17H27FN2. The van der Waals surface area contributed by atoms with Crippen LogP contribution in [0, 0.1) is 5.82 Å². The van der Waals surface area contributed by atoms with Crippen LogP contribution < -0.4 is 5.32 Å². The van der Waals surface area contributed by atoms with Crippen LogP contribution in [0.15, 0.2) is 24.3 Å². The van der Waals surface area contributed by atoms with Gasteiger partial charge in [-0.25, -0.2) is 4.39 Å². The molecule has 0 spiro atoms. The van der Waals surface area contributed by atoms with Crippen LogP contribution in [-0.4, -0.2) is 37.1 Å². The SMILES string of the molecule is CCCN1CCCC(NCCc2ccccc2F)CC1. The van der Waals surface area contributed by atoms with Crippen LogP contribution in [0.2, 0.25) is 0 Å². The molecule has 0 aromatic heterocycles. The van der Waals surface area contributed by atoms with Crippen molar-refractivity contribution in [2.75, 3.05) is 26.2 Å². The minimum Gasteiger partial charge on any atom is -0.314 e. The predicted molar refractivity (Wildman–Crippen MR) is 82.5 cm³/mol. The topological polar surface area (TPSA) is 15.3 Å². The third-order valence-electron chi connectivity index (χ3n) is 4.15. The second-order valence-corrected chi connectivity index (χ2v) is 5.77. The number of hydrogen-bond acceptors (Lipinski definition) is 2. The molecule has 1 aliphatic rings. The summed E-state index contributed by atoms with van der Waals surface area (Å²) in [6, 6.07) is 7.69. The lowest BCUT2D eigenvalue weighted by atomic mass is 10.1. The summed E-state index contributed by atoms with van der Waals surface area (Å²) in [5, 5.41) is 3.61. The van der Waals surface area contributed by atoms with Gasteiger partial charge < -0.3 is 10.2 Å². The Labute approximate surface area is 122 Å². The van der Waals surface area contributed by atoms with E-state index in [1.165, 1.54) is 45.3 Å². The number of halogens is 1. The Hall–Kier alpha value is -0.930. The fourth-order valence-corrected chi connectivity index (χ4v) is 3.01. The van der Waals surface area contributed by atoms with Crippen LogP contribution >= 0.6 is 0 Å². The summed E-state index contributed by atoms with van der Waals surface area (Å²) >= 11 is 0. The quantitative estimate of drug-likeness (QED) is 0.859. The molecule has 2 nitrogen and oxygen atoms in total. The average molecular weight is 278 g/mol.